The van der Waals surface area contributed by atoms with Gasteiger partial charge in [-0.3, -0.25) is 4.90 Å². The van der Waals surface area contributed by atoms with Gasteiger partial charge in [0.05, 0.1) is 13.2 Å². The highest BCUT2D eigenvalue weighted by atomic mass is 16.6. The topological polar surface area (TPSA) is 42.0 Å². The van der Waals surface area contributed by atoms with Crippen LogP contribution in [0.15, 0.2) is 54.6 Å². The van der Waals surface area contributed by atoms with Crippen LogP contribution in [0.4, 0.5) is 4.79 Å². The lowest BCUT2D eigenvalue weighted by atomic mass is 10.0. The lowest BCUT2D eigenvalue weighted by molar-refractivity contribution is 0.0873. The second-order valence-corrected chi connectivity index (χ2v) is 5.90. The first kappa shape index (κ1) is 16.3. The largest absolute Gasteiger partial charge is 0.497 e. The van der Waals surface area contributed by atoms with Crippen LogP contribution in [0, 0.1) is 0 Å². The summed E-state index contributed by atoms with van der Waals surface area (Å²) in [7, 11) is 3.73. The number of nitrogens with zero attached hydrogens (tertiary/aromatic N) is 2. The SMILES string of the molecule is COc1cccc(C2CN(C(=O)Oc3ccccc3)CCN2C)c1. The number of methoxy groups -OCH3 is 1. The maximum Gasteiger partial charge on any atom is 0.415 e. The lowest BCUT2D eigenvalue weighted by Crippen LogP contribution is -2.49. The maximum atomic E-state index is 12.4. The summed E-state index contributed by atoms with van der Waals surface area (Å²) in [6, 6.07) is 17.3. The summed E-state index contributed by atoms with van der Waals surface area (Å²) in [5, 5.41) is 0. The number of benzene rings is 2. The molecule has 0 bridgehead atoms. The van der Waals surface area contributed by atoms with Crippen molar-refractivity contribution in [1.29, 1.82) is 0 Å². The number of likely N-dealkylation sites (N-methyl/N-ethyl adjacent to an activating group) is 1. The quantitative estimate of drug-likeness (QED) is 0.869. The molecule has 1 atom stereocenters. The molecule has 1 saturated heterocycles. The molecule has 1 aliphatic rings. The van der Waals surface area contributed by atoms with E-state index in [1.165, 1.54) is 0 Å². The van der Waals surface area contributed by atoms with E-state index in [9.17, 15) is 4.79 Å². The van der Waals surface area contributed by atoms with E-state index in [4.69, 9.17) is 9.47 Å². The molecule has 126 valence electrons. The van der Waals surface area contributed by atoms with E-state index in [-0.39, 0.29) is 12.1 Å². The van der Waals surface area contributed by atoms with E-state index < -0.39 is 0 Å². The van der Waals surface area contributed by atoms with Crippen LogP contribution in [0.25, 0.3) is 0 Å². The highest BCUT2D eigenvalue weighted by Crippen LogP contribution is 2.27. The number of carbonyl (C=O) groups is 1. The Labute approximate surface area is 142 Å². The fourth-order valence-corrected chi connectivity index (χ4v) is 2.90. The molecule has 2 aromatic carbocycles. The first-order chi connectivity index (χ1) is 11.7. The van der Waals surface area contributed by atoms with Crippen molar-refractivity contribution in [3.05, 3.63) is 60.2 Å². The minimum atomic E-state index is -0.304. The number of hydrogen-bond donors (Lipinski definition) is 0. The van der Waals surface area contributed by atoms with Gasteiger partial charge in [-0.15, -0.1) is 0 Å². The number of para-hydroxylation sites is 1. The zero-order valence-corrected chi connectivity index (χ0v) is 14.0. The molecule has 0 aliphatic carbocycles. The Morgan fingerprint density at radius 3 is 2.54 bits per heavy atom. The minimum Gasteiger partial charge on any atom is -0.497 e. The third kappa shape index (κ3) is 3.68. The van der Waals surface area contributed by atoms with Crippen LogP contribution in [0.1, 0.15) is 11.6 Å². The van der Waals surface area contributed by atoms with Crippen LogP contribution in [-0.4, -0.2) is 49.7 Å². The van der Waals surface area contributed by atoms with E-state index in [1.54, 1.807) is 24.1 Å². The molecule has 0 radical (unpaired) electrons. The van der Waals surface area contributed by atoms with Crippen LogP contribution in [0.3, 0.4) is 0 Å². The van der Waals surface area contributed by atoms with E-state index >= 15 is 0 Å². The Kier molecular flexibility index (Phi) is 5.01. The molecule has 0 saturated carbocycles. The Balaban J connectivity index is 1.71. The predicted molar refractivity (Wildman–Crippen MR) is 92.4 cm³/mol. The first-order valence-corrected chi connectivity index (χ1v) is 8.03. The van der Waals surface area contributed by atoms with Crippen molar-refractivity contribution in [2.45, 2.75) is 6.04 Å². The summed E-state index contributed by atoms with van der Waals surface area (Å²) in [6.07, 6.45) is -0.304. The van der Waals surface area contributed by atoms with E-state index in [2.05, 4.69) is 18.0 Å². The van der Waals surface area contributed by atoms with Crippen molar-refractivity contribution in [3.8, 4) is 11.5 Å². The Morgan fingerprint density at radius 1 is 1.04 bits per heavy atom. The highest BCUT2D eigenvalue weighted by molar-refractivity contribution is 5.71. The van der Waals surface area contributed by atoms with Crippen LogP contribution in [-0.2, 0) is 0 Å². The molecule has 24 heavy (non-hydrogen) atoms. The van der Waals surface area contributed by atoms with Crippen molar-refractivity contribution < 1.29 is 14.3 Å². The fraction of sp³-hybridized carbons (Fsp3) is 0.316. The van der Waals surface area contributed by atoms with Crippen molar-refractivity contribution in [2.75, 3.05) is 33.8 Å². The molecule has 3 rings (SSSR count). The van der Waals surface area contributed by atoms with Crippen molar-refractivity contribution in [1.82, 2.24) is 9.80 Å². The second kappa shape index (κ2) is 7.36. The highest BCUT2D eigenvalue weighted by Gasteiger charge is 2.29. The third-order valence-corrected chi connectivity index (χ3v) is 4.33. The summed E-state index contributed by atoms with van der Waals surface area (Å²) in [6.45, 7) is 2.05. The van der Waals surface area contributed by atoms with Gasteiger partial charge in [0.15, 0.2) is 0 Å². The standard InChI is InChI=1S/C19H22N2O3/c1-20-11-12-21(19(22)24-16-8-4-3-5-9-16)14-18(20)15-7-6-10-17(13-15)23-2/h3-10,13,18H,11-12,14H2,1-2H3. The molecule has 5 nitrogen and oxygen atoms in total. The summed E-state index contributed by atoms with van der Waals surface area (Å²) in [4.78, 5) is 16.4. The second-order valence-electron chi connectivity index (χ2n) is 5.90. The molecule has 0 spiro atoms. The normalized spacial score (nSPS) is 18.2. The molecule has 0 N–H and O–H groups in total. The van der Waals surface area contributed by atoms with Gasteiger partial charge >= 0.3 is 6.09 Å². The smallest absolute Gasteiger partial charge is 0.415 e. The van der Waals surface area contributed by atoms with Crippen LogP contribution in [0.2, 0.25) is 0 Å². The average Bonchev–Trinajstić information content (AvgIpc) is 2.63. The molecule has 5 heteroatoms. The Hall–Kier alpha value is -2.53. The zero-order chi connectivity index (χ0) is 16.9. The van der Waals surface area contributed by atoms with Gasteiger partial charge in [-0.1, -0.05) is 30.3 Å². The van der Waals surface area contributed by atoms with Crippen LogP contribution >= 0.6 is 0 Å². The van der Waals surface area contributed by atoms with Crippen molar-refractivity contribution in [2.24, 2.45) is 0 Å². The van der Waals surface area contributed by atoms with E-state index in [0.29, 0.717) is 18.8 Å². The number of hydrogen-bond acceptors (Lipinski definition) is 4. The average molecular weight is 326 g/mol. The molecule has 2 aromatic rings. The van der Waals surface area contributed by atoms with E-state index in [1.807, 2.05) is 36.4 Å². The van der Waals surface area contributed by atoms with Gasteiger partial charge < -0.3 is 14.4 Å². The summed E-state index contributed by atoms with van der Waals surface area (Å²) < 4.78 is 10.8. The molecule has 1 aliphatic heterocycles. The van der Waals surface area contributed by atoms with Crippen LogP contribution in [0.5, 0.6) is 11.5 Å². The monoisotopic (exact) mass is 326 g/mol. The number of amides is 1. The first-order valence-electron chi connectivity index (χ1n) is 8.03. The van der Waals surface area contributed by atoms with Crippen molar-refractivity contribution in [3.63, 3.8) is 0 Å². The van der Waals surface area contributed by atoms with Gasteiger partial charge in [-0.2, -0.15) is 0 Å². The van der Waals surface area contributed by atoms with Gasteiger partial charge in [0.25, 0.3) is 0 Å². The molecule has 1 amide bonds. The fourth-order valence-electron chi connectivity index (χ4n) is 2.90. The molecular weight excluding hydrogens is 304 g/mol. The molecule has 0 aromatic heterocycles. The van der Waals surface area contributed by atoms with Gasteiger partial charge in [0.1, 0.15) is 11.5 Å². The van der Waals surface area contributed by atoms with Gasteiger partial charge in [-0.05, 0) is 36.9 Å². The molecule has 1 unspecified atom stereocenters. The number of rotatable bonds is 3. The Bertz CT molecular complexity index is 690. The number of ether oxygens (including phenoxy) is 2. The molecule has 1 fully saturated rings. The molecule has 1 heterocycles. The Morgan fingerprint density at radius 2 is 1.79 bits per heavy atom. The number of carbonyl (C=O) groups excluding carboxylic acids is 1. The van der Waals surface area contributed by atoms with Gasteiger partial charge in [0.2, 0.25) is 0 Å². The van der Waals surface area contributed by atoms with Gasteiger partial charge in [0, 0.05) is 19.6 Å². The zero-order valence-electron chi connectivity index (χ0n) is 14.0. The van der Waals surface area contributed by atoms with Crippen molar-refractivity contribution >= 4 is 6.09 Å². The summed E-state index contributed by atoms with van der Waals surface area (Å²) >= 11 is 0. The summed E-state index contributed by atoms with van der Waals surface area (Å²) in [5.74, 6) is 1.39. The minimum absolute atomic E-state index is 0.122. The number of piperazine rings is 1. The van der Waals surface area contributed by atoms with Gasteiger partial charge in [-0.25, -0.2) is 4.79 Å². The molecular formula is C19H22N2O3. The van der Waals surface area contributed by atoms with Crippen LogP contribution < -0.4 is 9.47 Å². The van der Waals surface area contributed by atoms with E-state index in [0.717, 1.165) is 17.9 Å². The summed E-state index contributed by atoms with van der Waals surface area (Å²) in [5.41, 5.74) is 1.13. The predicted octanol–water partition coefficient (Wildman–Crippen LogP) is 3.18. The lowest BCUT2D eigenvalue weighted by Gasteiger charge is -2.39. The third-order valence-electron chi connectivity index (χ3n) is 4.33. The maximum absolute atomic E-state index is 12.4.